The van der Waals surface area contributed by atoms with Crippen LogP contribution in [0.25, 0.3) is 0 Å². The van der Waals surface area contributed by atoms with Gasteiger partial charge in [0.1, 0.15) is 6.29 Å². The van der Waals surface area contributed by atoms with Gasteiger partial charge in [-0.1, -0.05) is 51.3 Å². The van der Waals surface area contributed by atoms with Crippen LogP contribution in [0.1, 0.15) is 78.1 Å². The van der Waals surface area contributed by atoms with E-state index in [1.54, 1.807) is 5.57 Å². The molecular weight excluding hydrogens is 256 g/mol. The van der Waals surface area contributed by atoms with Gasteiger partial charge < -0.3 is 4.79 Å². The fourth-order valence-corrected chi connectivity index (χ4v) is 4.68. The molecule has 0 fully saturated rings. The Hall–Kier alpha value is -0.850. The molecule has 0 saturated carbocycles. The maximum absolute atomic E-state index is 10.4. The lowest BCUT2D eigenvalue weighted by atomic mass is 9.56. The summed E-state index contributed by atoms with van der Waals surface area (Å²) >= 11 is 0. The number of rotatable bonds is 8. The summed E-state index contributed by atoms with van der Waals surface area (Å²) in [5.74, 6) is 1.54. The van der Waals surface area contributed by atoms with Crippen molar-refractivity contribution in [3.63, 3.8) is 0 Å². The highest BCUT2D eigenvalue weighted by atomic mass is 16.1. The van der Waals surface area contributed by atoms with Gasteiger partial charge in [-0.25, -0.2) is 0 Å². The summed E-state index contributed by atoms with van der Waals surface area (Å²) < 4.78 is 0. The molecule has 0 N–H and O–H groups in total. The first kappa shape index (κ1) is 16.5. The third-order valence-electron chi connectivity index (χ3n) is 5.91. The van der Waals surface area contributed by atoms with Gasteiger partial charge >= 0.3 is 0 Å². The van der Waals surface area contributed by atoms with Crippen molar-refractivity contribution in [2.24, 2.45) is 17.3 Å². The van der Waals surface area contributed by atoms with Crippen molar-refractivity contribution in [2.45, 2.75) is 78.1 Å². The average Bonchev–Trinajstić information content (AvgIpc) is 2.52. The van der Waals surface area contributed by atoms with Gasteiger partial charge in [0.25, 0.3) is 0 Å². The molecule has 0 bridgehead atoms. The van der Waals surface area contributed by atoms with Gasteiger partial charge in [-0.15, -0.1) is 0 Å². The lowest BCUT2D eigenvalue weighted by molar-refractivity contribution is -0.107. The topological polar surface area (TPSA) is 17.1 Å². The zero-order valence-electron chi connectivity index (χ0n) is 13.9. The number of allylic oxidation sites excluding steroid dienone is 4. The van der Waals surface area contributed by atoms with Crippen LogP contribution in [-0.4, -0.2) is 6.29 Å². The fourth-order valence-electron chi connectivity index (χ4n) is 4.68. The standard InChI is InChI=1S/C20H32O/c1-3-20-15-9-8-11-18(20)14-13-17(2)19(20)12-7-5-4-6-10-16-21/h11,13-14,16-17,19H,3-10,12,15H2,1-2H3. The zero-order valence-corrected chi connectivity index (χ0v) is 13.9. The zero-order chi connectivity index (χ0) is 15.1. The first-order valence-corrected chi connectivity index (χ1v) is 9.07. The van der Waals surface area contributed by atoms with Crippen molar-refractivity contribution in [1.82, 2.24) is 0 Å². The molecule has 0 aromatic rings. The van der Waals surface area contributed by atoms with E-state index < -0.39 is 0 Å². The van der Waals surface area contributed by atoms with Crippen molar-refractivity contribution >= 4 is 6.29 Å². The van der Waals surface area contributed by atoms with E-state index in [1.165, 1.54) is 51.4 Å². The minimum absolute atomic E-state index is 0.467. The quantitative estimate of drug-likeness (QED) is 0.404. The molecule has 0 aromatic heterocycles. The van der Waals surface area contributed by atoms with E-state index in [2.05, 4.69) is 32.1 Å². The first-order valence-electron chi connectivity index (χ1n) is 9.07. The van der Waals surface area contributed by atoms with Crippen LogP contribution in [-0.2, 0) is 4.79 Å². The van der Waals surface area contributed by atoms with Crippen LogP contribution in [0.4, 0.5) is 0 Å². The molecule has 0 amide bonds. The number of aldehydes is 1. The molecule has 0 aromatic carbocycles. The second-order valence-corrected chi connectivity index (χ2v) is 7.04. The molecule has 3 atom stereocenters. The highest BCUT2D eigenvalue weighted by Gasteiger charge is 2.43. The molecule has 0 radical (unpaired) electrons. The van der Waals surface area contributed by atoms with Crippen LogP contribution < -0.4 is 0 Å². The molecule has 0 aliphatic heterocycles. The SMILES string of the molecule is CCC12CCCC=C1C=CC(C)C2CCCCCCC=O. The molecule has 3 unspecified atom stereocenters. The summed E-state index contributed by atoms with van der Waals surface area (Å²) in [6, 6.07) is 0. The summed E-state index contributed by atoms with van der Waals surface area (Å²) in [7, 11) is 0. The normalized spacial score (nSPS) is 31.6. The average molecular weight is 288 g/mol. The Morgan fingerprint density at radius 3 is 2.86 bits per heavy atom. The van der Waals surface area contributed by atoms with Crippen LogP contribution in [0.5, 0.6) is 0 Å². The van der Waals surface area contributed by atoms with E-state index in [0.717, 1.165) is 31.0 Å². The highest BCUT2D eigenvalue weighted by molar-refractivity contribution is 5.48. The van der Waals surface area contributed by atoms with Gasteiger partial charge in [-0.2, -0.15) is 0 Å². The van der Waals surface area contributed by atoms with Crippen molar-refractivity contribution < 1.29 is 4.79 Å². The Bertz CT molecular complexity index is 393. The highest BCUT2D eigenvalue weighted by Crippen LogP contribution is 2.54. The number of hydrogen-bond acceptors (Lipinski definition) is 1. The molecule has 2 rings (SSSR count). The van der Waals surface area contributed by atoms with Crippen LogP contribution >= 0.6 is 0 Å². The number of carbonyl (C=O) groups excluding carboxylic acids is 1. The molecule has 2 aliphatic carbocycles. The number of carbonyl (C=O) groups is 1. The summed E-state index contributed by atoms with van der Waals surface area (Å²) in [5.41, 5.74) is 2.11. The second-order valence-electron chi connectivity index (χ2n) is 7.04. The molecule has 1 heteroatoms. The first-order chi connectivity index (χ1) is 10.2. The summed E-state index contributed by atoms with van der Waals surface area (Å²) in [6.45, 7) is 4.80. The van der Waals surface area contributed by atoms with Crippen molar-refractivity contribution in [3.8, 4) is 0 Å². The molecule has 21 heavy (non-hydrogen) atoms. The lowest BCUT2D eigenvalue weighted by Crippen LogP contribution is -2.39. The minimum atomic E-state index is 0.467. The summed E-state index contributed by atoms with van der Waals surface area (Å²) in [4.78, 5) is 10.4. The molecule has 0 spiro atoms. The third-order valence-corrected chi connectivity index (χ3v) is 5.91. The molecule has 0 saturated heterocycles. The summed E-state index contributed by atoms with van der Waals surface area (Å²) in [5, 5.41) is 0. The van der Waals surface area contributed by atoms with Gasteiger partial charge in [-0.3, -0.25) is 0 Å². The third kappa shape index (κ3) is 3.67. The Morgan fingerprint density at radius 2 is 2.10 bits per heavy atom. The van der Waals surface area contributed by atoms with Crippen LogP contribution in [0, 0.1) is 17.3 Å². The Balaban J connectivity index is 1.95. The van der Waals surface area contributed by atoms with Gasteiger partial charge in [-0.05, 0) is 61.3 Å². The van der Waals surface area contributed by atoms with Crippen LogP contribution in [0.2, 0.25) is 0 Å². The van der Waals surface area contributed by atoms with Crippen molar-refractivity contribution in [3.05, 3.63) is 23.8 Å². The monoisotopic (exact) mass is 288 g/mol. The van der Waals surface area contributed by atoms with Crippen molar-refractivity contribution in [2.75, 3.05) is 0 Å². The van der Waals surface area contributed by atoms with Gasteiger partial charge in [0.2, 0.25) is 0 Å². The maximum Gasteiger partial charge on any atom is 0.119 e. The lowest BCUT2D eigenvalue weighted by Gasteiger charge is -2.48. The van der Waals surface area contributed by atoms with Crippen LogP contribution in [0.3, 0.4) is 0 Å². The second kappa shape index (κ2) is 7.96. The Morgan fingerprint density at radius 1 is 1.29 bits per heavy atom. The van der Waals surface area contributed by atoms with E-state index in [4.69, 9.17) is 0 Å². The predicted octanol–water partition coefficient (Wildman–Crippen LogP) is 5.85. The number of unbranched alkanes of at least 4 members (excludes halogenated alkanes) is 4. The van der Waals surface area contributed by atoms with E-state index in [9.17, 15) is 4.79 Å². The minimum Gasteiger partial charge on any atom is -0.303 e. The molecule has 2 aliphatic rings. The van der Waals surface area contributed by atoms with E-state index in [-0.39, 0.29) is 0 Å². The maximum atomic E-state index is 10.4. The molecule has 118 valence electrons. The van der Waals surface area contributed by atoms with E-state index in [1.807, 2.05) is 0 Å². The smallest absolute Gasteiger partial charge is 0.119 e. The Labute approximate surface area is 130 Å². The molecule has 0 heterocycles. The van der Waals surface area contributed by atoms with Crippen molar-refractivity contribution in [1.29, 1.82) is 0 Å². The fraction of sp³-hybridized carbons (Fsp3) is 0.750. The summed E-state index contributed by atoms with van der Waals surface area (Å²) in [6.07, 6.45) is 20.8. The Kier molecular flexibility index (Phi) is 6.26. The van der Waals surface area contributed by atoms with Gasteiger partial charge in [0.15, 0.2) is 0 Å². The number of hydrogen-bond donors (Lipinski definition) is 0. The predicted molar refractivity (Wildman–Crippen MR) is 90.2 cm³/mol. The molecular formula is C20H32O. The largest absolute Gasteiger partial charge is 0.303 e. The van der Waals surface area contributed by atoms with E-state index >= 15 is 0 Å². The van der Waals surface area contributed by atoms with E-state index in [0.29, 0.717) is 5.41 Å². The van der Waals surface area contributed by atoms with Crippen LogP contribution in [0.15, 0.2) is 23.8 Å². The number of fused-ring (bicyclic) bond motifs is 1. The molecule has 1 nitrogen and oxygen atoms in total. The van der Waals surface area contributed by atoms with Gasteiger partial charge in [0, 0.05) is 6.42 Å². The van der Waals surface area contributed by atoms with Gasteiger partial charge in [0.05, 0.1) is 0 Å².